The molecular weight excluding hydrogens is 238 g/mol. The zero-order valence-corrected chi connectivity index (χ0v) is 12.1. The third-order valence-electron chi connectivity index (χ3n) is 4.38. The summed E-state index contributed by atoms with van der Waals surface area (Å²) in [4.78, 5) is 14.4. The van der Waals surface area contributed by atoms with Crippen LogP contribution in [0.3, 0.4) is 0 Å². The lowest BCUT2D eigenvalue weighted by Gasteiger charge is -2.23. The molecule has 0 aliphatic carbocycles. The number of carbonyl (C=O) groups is 1. The zero-order chi connectivity index (χ0) is 13.3. The van der Waals surface area contributed by atoms with Crippen LogP contribution in [0.5, 0.6) is 0 Å². The van der Waals surface area contributed by atoms with E-state index in [-0.39, 0.29) is 5.91 Å². The van der Waals surface area contributed by atoms with E-state index in [1.54, 1.807) is 0 Å². The molecule has 0 aromatic carbocycles. The second-order valence-electron chi connectivity index (χ2n) is 6.00. The molecule has 0 aromatic heterocycles. The summed E-state index contributed by atoms with van der Waals surface area (Å²) in [7, 11) is 0. The number of nitrogens with one attached hydrogen (secondary N) is 2. The van der Waals surface area contributed by atoms with E-state index in [4.69, 9.17) is 0 Å². The molecule has 0 aromatic rings. The Morgan fingerprint density at radius 3 is 2.47 bits per heavy atom. The zero-order valence-electron chi connectivity index (χ0n) is 12.1. The van der Waals surface area contributed by atoms with Gasteiger partial charge in [0.25, 0.3) is 0 Å². The van der Waals surface area contributed by atoms with E-state index in [2.05, 4.69) is 15.5 Å². The number of hydrogen-bond acceptors (Lipinski definition) is 3. The van der Waals surface area contributed by atoms with Gasteiger partial charge in [0.05, 0.1) is 0 Å². The highest BCUT2D eigenvalue weighted by Gasteiger charge is 2.16. The summed E-state index contributed by atoms with van der Waals surface area (Å²) in [5.74, 6) is 0.848. The largest absolute Gasteiger partial charge is 0.355 e. The van der Waals surface area contributed by atoms with E-state index >= 15 is 0 Å². The number of carbonyl (C=O) groups excluding carboxylic acids is 1. The second kappa shape index (κ2) is 8.54. The Hall–Kier alpha value is -0.610. The van der Waals surface area contributed by atoms with Crippen molar-refractivity contribution in [3.8, 4) is 0 Å². The molecule has 0 atom stereocenters. The fourth-order valence-electron chi connectivity index (χ4n) is 3.13. The molecule has 2 saturated heterocycles. The standard InChI is InChI=1S/C15H29N3O/c19-15(13-14-5-7-16-8-6-14)17-9-12-18-10-3-1-2-4-11-18/h14,16H,1-13H2,(H,17,19). The van der Waals surface area contributed by atoms with Crippen molar-refractivity contribution in [1.82, 2.24) is 15.5 Å². The van der Waals surface area contributed by atoms with Crippen LogP contribution in [0.4, 0.5) is 0 Å². The number of amides is 1. The SMILES string of the molecule is O=C(CC1CCNCC1)NCCN1CCCCCC1. The maximum Gasteiger partial charge on any atom is 0.220 e. The lowest BCUT2D eigenvalue weighted by Crippen LogP contribution is -2.37. The van der Waals surface area contributed by atoms with Crippen LogP contribution in [0.25, 0.3) is 0 Å². The molecule has 1 amide bonds. The van der Waals surface area contributed by atoms with Crippen LogP contribution >= 0.6 is 0 Å². The molecule has 4 heteroatoms. The van der Waals surface area contributed by atoms with Gasteiger partial charge >= 0.3 is 0 Å². The van der Waals surface area contributed by atoms with Crippen molar-refractivity contribution >= 4 is 5.91 Å². The monoisotopic (exact) mass is 267 g/mol. The van der Waals surface area contributed by atoms with E-state index in [0.717, 1.165) is 45.4 Å². The quantitative estimate of drug-likeness (QED) is 0.791. The molecule has 19 heavy (non-hydrogen) atoms. The third-order valence-corrected chi connectivity index (χ3v) is 4.38. The van der Waals surface area contributed by atoms with Crippen molar-refractivity contribution in [3.63, 3.8) is 0 Å². The molecule has 2 rings (SSSR count). The molecule has 0 spiro atoms. The Bertz CT molecular complexity index is 256. The molecule has 0 unspecified atom stereocenters. The van der Waals surface area contributed by atoms with E-state index in [1.807, 2.05) is 0 Å². The minimum Gasteiger partial charge on any atom is -0.355 e. The first kappa shape index (κ1) is 14.8. The van der Waals surface area contributed by atoms with Gasteiger partial charge in [-0.3, -0.25) is 4.79 Å². The Morgan fingerprint density at radius 2 is 1.79 bits per heavy atom. The van der Waals surface area contributed by atoms with Crippen LogP contribution in [-0.2, 0) is 4.79 Å². The van der Waals surface area contributed by atoms with Gasteiger partial charge in [0.15, 0.2) is 0 Å². The van der Waals surface area contributed by atoms with Crippen molar-refractivity contribution in [2.24, 2.45) is 5.92 Å². The highest BCUT2D eigenvalue weighted by Crippen LogP contribution is 2.15. The number of piperidine rings is 1. The lowest BCUT2D eigenvalue weighted by molar-refractivity contribution is -0.122. The second-order valence-corrected chi connectivity index (χ2v) is 6.00. The van der Waals surface area contributed by atoms with Gasteiger partial charge in [-0.1, -0.05) is 12.8 Å². The Kier molecular flexibility index (Phi) is 6.65. The third kappa shape index (κ3) is 5.91. The number of nitrogens with zero attached hydrogens (tertiary/aromatic N) is 1. The molecule has 2 N–H and O–H groups in total. The maximum absolute atomic E-state index is 11.9. The maximum atomic E-state index is 11.9. The Labute approximate surface area is 117 Å². The number of likely N-dealkylation sites (tertiary alicyclic amines) is 1. The smallest absolute Gasteiger partial charge is 0.220 e. The summed E-state index contributed by atoms with van der Waals surface area (Å²) < 4.78 is 0. The molecule has 110 valence electrons. The van der Waals surface area contributed by atoms with Gasteiger partial charge in [0, 0.05) is 19.5 Å². The molecule has 4 nitrogen and oxygen atoms in total. The van der Waals surface area contributed by atoms with Gasteiger partial charge in [0.2, 0.25) is 5.91 Å². The first-order valence-corrected chi connectivity index (χ1v) is 8.04. The van der Waals surface area contributed by atoms with Crippen molar-refractivity contribution in [1.29, 1.82) is 0 Å². The van der Waals surface area contributed by atoms with Crippen LogP contribution in [0, 0.1) is 5.92 Å². The van der Waals surface area contributed by atoms with Crippen molar-refractivity contribution < 1.29 is 4.79 Å². The predicted molar refractivity (Wildman–Crippen MR) is 78.1 cm³/mol. The van der Waals surface area contributed by atoms with Gasteiger partial charge < -0.3 is 15.5 Å². The number of rotatable bonds is 5. The highest BCUT2D eigenvalue weighted by molar-refractivity contribution is 5.76. The number of hydrogen-bond donors (Lipinski definition) is 2. The van der Waals surface area contributed by atoms with Crippen LogP contribution in [0.2, 0.25) is 0 Å². The van der Waals surface area contributed by atoms with Gasteiger partial charge in [0.1, 0.15) is 0 Å². The molecule has 0 radical (unpaired) electrons. The van der Waals surface area contributed by atoms with Gasteiger partial charge in [-0.25, -0.2) is 0 Å². The first-order chi connectivity index (χ1) is 9.34. The fraction of sp³-hybridized carbons (Fsp3) is 0.933. The van der Waals surface area contributed by atoms with Crippen molar-refractivity contribution in [2.45, 2.75) is 44.9 Å². The molecule has 0 saturated carbocycles. The summed E-state index contributed by atoms with van der Waals surface area (Å²) in [6.45, 7) is 6.42. The van der Waals surface area contributed by atoms with E-state index in [1.165, 1.54) is 38.8 Å². The summed E-state index contributed by atoms with van der Waals surface area (Å²) >= 11 is 0. The van der Waals surface area contributed by atoms with Crippen LogP contribution in [0.1, 0.15) is 44.9 Å². The van der Waals surface area contributed by atoms with Crippen molar-refractivity contribution in [2.75, 3.05) is 39.3 Å². The normalized spacial score (nSPS) is 22.9. The summed E-state index contributed by atoms with van der Waals surface area (Å²) in [6.07, 6.45) is 8.42. The minimum absolute atomic E-state index is 0.252. The first-order valence-electron chi connectivity index (χ1n) is 8.04. The molecular formula is C15H29N3O. The fourth-order valence-corrected chi connectivity index (χ4v) is 3.13. The Balaban J connectivity index is 1.55. The molecule has 2 aliphatic rings. The topological polar surface area (TPSA) is 44.4 Å². The molecule has 0 bridgehead atoms. The minimum atomic E-state index is 0.252. The van der Waals surface area contributed by atoms with E-state index < -0.39 is 0 Å². The highest BCUT2D eigenvalue weighted by atomic mass is 16.1. The van der Waals surface area contributed by atoms with E-state index in [0.29, 0.717) is 5.92 Å². The van der Waals surface area contributed by atoms with Crippen LogP contribution < -0.4 is 10.6 Å². The Morgan fingerprint density at radius 1 is 1.11 bits per heavy atom. The van der Waals surface area contributed by atoms with E-state index in [9.17, 15) is 4.79 Å². The average molecular weight is 267 g/mol. The molecule has 2 fully saturated rings. The molecule has 2 aliphatic heterocycles. The summed E-state index contributed by atoms with van der Waals surface area (Å²) in [5.41, 5.74) is 0. The van der Waals surface area contributed by atoms with Gasteiger partial charge in [-0.05, 0) is 57.8 Å². The van der Waals surface area contributed by atoms with Gasteiger partial charge in [-0.15, -0.1) is 0 Å². The summed E-state index contributed by atoms with van der Waals surface area (Å²) in [6, 6.07) is 0. The van der Waals surface area contributed by atoms with Crippen LogP contribution in [0.15, 0.2) is 0 Å². The van der Waals surface area contributed by atoms with Crippen LogP contribution in [-0.4, -0.2) is 50.1 Å². The van der Waals surface area contributed by atoms with Crippen molar-refractivity contribution in [3.05, 3.63) is 0 Å². The predicted octanol–water partition coefficient (Wildman–Crippen LogP) is 1.37. The lowest BCUT2D eigenvalue weighted by atomic mass is 9.94. The molecule has 2 heterocycles. The summed E-state index contributed by atoms with van der Waals surface area (Å²) in [5, 5.41) is 6.44. The average Bonchev–Trinajstić information content (AvgIpc) is 2.68. The van der Waals surface area contributed by atoms with Gasteiger partial charge in [-0.2, -0.15) is 0 Å².